The van der Waals surface area contributed by atoms with Crippen LogP contribution in [-0.4, -0.2) is 18.3 Å². The molecule has 0 amide bonds. The van der Waals surface area contributed by atoms with Gasteiger partial charge >= 0.3 is 0 Å². The van der Waals surface area contributed by atoms with Crippen molar-refractivity contribution < 1.29 is 5.21 Å². The highest BCUT2D eigenvalue weighted by molar-refractivity contribution is 5.45. The molecule has 0 fully saturated rings. The molecule has 0 atom stereocenters. The van der Waals surface area contributed by atoms with Crippen LogP contribution in [0.15, 0.2) is 24.3 Å². The van der Waals surface area contributed by atoms with E-state index in [9.17, 15) is 5.21 Å². The minimum Gasteiger partial charge on any atom is -0.733 e. The number of hydrogen-bond donors (Lipinski definition) is 3. The van der Waals surface area contributed by atoms with Crippen molar-refractivity contribution in [2.24, 2.45) is 5.73 Å². The second-order valence-corrected chi connectivity index (χ2v) is 3.26. The summed E-state index contributed by atoms with van der Waals surface area (Å²) in [4.78, 5) is 0. The third-order valence-electron chi connectivity index (χ3n) is 2.04. The summed E-state index contributed by atoms with van der Waals surface area (Å²) < 4.78 is 0. The summed E-state index contributed by atoms with van der Waals surface area (Å²) in [7, 11) is 0. The number of hydrogen-bond acceptors (Lipinski definition) is 5. The van der Waals surface area contributed by atoms with Crippen LogP contribution in [0, 0.1) is 5.21 Å². The lowest BCUT2D eigenvalue weighted by molar-refractivity contribution is 0.296. The fourth-order valence-electron chi connectivity index (χ4n) is 1.20. The molecule has 0 bridgehead atoms. The number of nitrogens with two attached hydrogens (primary N) is 1. The number of rotatable bonds is 6. The van der Waals surface area contributed by atoms with Crippen LogP contribution >= 0.6 is 0 Å². The van der Waals surface area contributed by atoms with Gasteiger partial charge in [0.1, 0.15) is 0 Å². The van der Waals surface area contributed by atoms with Crippen molar-refractivity contribution in [2.45, 2.75) is 13.0 Å². The van der Waals surface area contributed by atoms with Gasteiger partial charge in [0.2, 0.25) is 0 Å². The zero-order valence-corrected chi connectivity index (χ0v) is 8.52. The Hall–Kier alpha value is -1.14. The third-order valence-corrected chi connectivity index (χ3v) is 2.04. The maximum atomic E-state index is 10.5. The number of nitrogens with one attached hydrogen (secondary N) is 1. The van der Waals surface area contributed by atoms with Crippen molar-refractivity contribution in [3.05, 3.63) is 35.0 Å². The fourth-order valence-corrected chi connectivity index (χ4v) is 1.20. The van der Waals surface area contributed by atoms with Crippen molar-refractivity contribution in [1.82, 2.24) is 5.32 Å². The smallest absolute Gasteiger partial charge is 0.0508 e. The lowest BCUT2D eigenvalue weighted by Crippen LogP contribution is -2.17. The zero-order chi connectivity index (χ0) is 11.1. The first-order valence-corrected chi connectivity index (χ1v) is 4.90. The molecule has 0 radical (unpaired) electrons. The highest BCUT2D eigenvalue weighted by Crippen LogP contribution is 2.12. The van der Waals surface area contributed by atoms with Gasteiger partial charge in [-0.05, 0) is 37.2 Å². The Kier molecular flexibility index (Phi) is 5.06. The van der Waals surface area contributed by atoms with Crippen LogP contribution < -0.4 is 16.3 Å². The summed E-state index contributed by atoms with van der Waals surface area (Å²) in [5, 5.41) is 22.2. The van der Waals surface area contributed by atoms with Crippen LogP contribution in [0.2, 0.25) is 0 Å². The monoisotopic (exact) mass is 210 g/mol. The second kappa shape index (κ2) is 6.36. The first-order chi connectivity index (χ1) is 7.24. The highest BCUT2D eigenvalue weighted by Gasteiger charge is 1.94. The number of benzene rings is 1. The van der Waals surface area contributed by atoms with Crippen molar-refractivity contribution in [3.63, 3.8) is 0 Å². The Balaban J connectivity index is 2.36. The van der Waals surface area contributed by atoms with Crippen molar-refractivity contribution in [2.75, 3.05) is 18.3 Å². The van der Waals surface area contributed by atoms with Gasteiger partial charge in [-0.1, -0.05) is 12.1 Å². The van der Waals surface area contributed by atoms with E-state index in [1.165, 1.54) is 0 Å². The molecule has 0 aromatic heterocycles. The van der Waals surface area contributed by atoms with Gasteiger partial charge in [-0.2, -0.15) is 0 Å². The van der Waals surface area contributed by atoms with E-state index in [2.05, 4.69) is 5.32 Å². The quantitative estimate of drug-likeness (QED) is 0.478. The molecule has 15 heavy (non-hydrogen) atoms. The standard InChI is InChI=1S/C10H16N3O2/c11-6-1-7-12-8-9-2-4-10(5-3-9)13(14)15/h2-5,12,14H,1,6-8,11H2/q-1. The summed E-state index contributed by atoms with van der Waals surface area (Å²) in [6.07, 6.45) is 0.947. The van der Waals surface area contributed by atoms with E-state index in [0.29, 0.717) is 6.54 Å². The molecule has 5 heteroatoms. The molecule has 1 aromatic carbocycles. The minimum absolute atomic E-state index is 0.147. The summed E-state index contributed by atoms with van der Waals surface area (Å²) in [6, 6.07) is 6.75. The molecule has 5 nitrogen and oxygen atoms in total. The van der Waals surface area contributed by atoms with Gasteiger partial charge in [-0.25, -0.2) is 0 Å². The maximum Gasteiger partial charge on any atom is 0.0508 e. The minimum atomic E-state index is -0.147. The Morgan fingerprint density at radius 2 is 2.00 bits per heavy atom. The van der Waals surface area contributed by atoms with E-state index < -0.39 is 0 Å². The van der Waals surface area contributed by atoms with Crippen LogP contribution in [-0.2, 0) is 6.54 Å². The van der Waals surface area contributed by atoms with Gasteiger partial charge in [0.25, 0.3) is 0 Å². The van der Waals surface area contributed by atoms with E-state index in [1.807, 2.05) is 0 Å². The van der Waals surface area contributed by atoms with Gasteiger partial charge < -0.3 is 21.5 Å². The van der Waals surface area contributed by atoms with Gasteiger partial charge in [0, 0.05) is 6.54 Å². The molecular formula is C10H16N3O2-. The molecule has 0 saturated heterocycles. The fraction of sp³-hybridized carbons (Fsp3) is 0.400. The predicted molar refractivity (Wildman–Crippen MR) is 59.5 cm³/mol. The van der Waals surface area contributed by atoms with E-state index in [-0.39, 0.29) is 10.9 Å². The summed E-state index contributed by atoms with van der Waals surface area (Å²) >= 11 is 0. The topological polar surface area (TPSA) is 84.6 Å². The zero-order valence-electron chi connectivity index (χ0n) is 8.52. The van der Waals surface area contributed by atoms with Gasteiger partial charge in [0.15, 0.2) is 0 Å². The van der Waals surface area contributed by atoms with Crippen LogP contribution in [0.5, 0.6) is 0 Å². The molecular weight excluding hydrogens is 194 g/mol. The van der Waals surface area contributed by atoms with Crippen LogP contribution in [0.1, 0.15) is 12.0 Å². The van der Waals surface area contributed by atoms with Crippen LogP contribution in [0.25, 0.3) is 0 Å². The molecule has 0 aliphatic heterocycles. The molecule has 0 aliphatic carbocycles. The van der Waals surface area contributed by atoms with Crippen molar-refractivity contribution in [1.29, 1.82) is 0 Å². The van der Waals surface area contributed by atoms with E-state index in [1.54, 1.807) is 24.3 Å². The van der Waals surface area contributed by atoms with Crippen LogP contribution in [0.4, 0.5) is 5.69 Å². The molecule has 0 spiro atoms. The Labute approximate surface area is 89.0 Å². The summed E-state index contributed by atoms with van der Waals surface area (Å²) in [5.74, 6) is 0. The Morgan fingerprint density at radius 3 is 2.53 bits per heavy atom. The first-order valence-electron chi connectivity index (χ1n) is 4.90. The predicted octanol–water partition coefficient (Wildman–Crippen LogP) is 0.818. The molecule has 1 rings (SSSR count). The van der Waals surface area contributed by atoms with Gasteiger partial charge in [-0.3, -0.25) is 5.21 Å². The first kappa shape index (κ1) is 11.9. The normalized spacial score (nSPS) is 10.3. The molecule has 1 aromatic rings. The summed E-state index contributed by atoms with van der Waals surface area (Å²) in [5.41, 5.74) is 6.66. The molecule has 0 saturated carbocycles. The molecule has 0 heterocycles. The molecule has 84 valence electrons. The molecule has 4 N–H and O–H groups in total. The van der Waals surface area contributed by atoms with Crippen molar-refractivity contribution in [3.8, 4) is 0 Å². The van der Waals surface area contributed by atoms with Crippen LogP contribution in [0.3, 0.4) is 0 Å². The van der Waals surface area contributed by atoms with Crippen molar-refractivity contribution >= 4 is 5.69 Å². The lowest BCUT2D eigenvalue weighted by atomic mass is 10.2. The highest BCUT2D eigenvalue weighted by atomic mass is 16.8. The number of nitrogens with zero attached hydrogens (tertiary/aromatic N) is 1. The number of anilines is 1. The SMILES string of the molecule is NCCCNCc1ccc(N([O-])O)cc1. The summed E-state index contributed by atoms with van der Waals surface area (Å²) in [6.45, 7) is 2.30. The Bertz CT molecular complexity index is 275. The van der Waals surface area contributed by atoms with Gasteiger partial charge in [-0.15, -0.1) is 0 Å². The average molecular weight is 210 g/mol. The average Bonchev–Trinajstić information content (AvgIpc) is 2.25. The van der Waals surface area contributed by atoms with E-state index in [0.717, 1.165) is 25.1 Å². The van der Waals surface area contributed by atoms with E-state index >= 15 is 0 Å². The third kappa shape index (κ3) is 4.26. The van der Waals surface area contributed by atoms with E-state index in [4.69, 9.17) is 10.9 Å². The Morgan fingerprint density at radius 1 is 1.33 bits per heavy atom. The largest absolute Gasteiger partial charge is 0.733 e. The molecule has 0 unspecified atom stereocenters. The van der Waals surface area contributed by atoms with Gasteiger partial charge in [0.05, 0.1) is 5.69 Å². The lowest BCUT2D eigenvalue weighted by Gasteiger charge is -2.21. The molecule has 0 aliphatic rings. The second-order valence-electron chi connectivity index (χ2n) is 3.26. The maximum absolute atomic E-state index is 10.5.